The Morgan fingerprint density at radius 3 is 2.11 bits per heavy atom. The van der Waals surface area contributed by atoms with Gasteiger partial charge in [-0.25, -0.2) is 9.59 Å². The topological polar surface area (TPSA) is 61.8 Å². The van der Waals surface area contributed by atoms with Crippen molar-refractivity contribution in [3.05, 3.63) is 28.2 Å². The fourth-order valence-corrected chi connectivity index (χ4v) is 1.56. The van der Waals surface area contributed by atoms with Crippen molar-refractivity contribution in [3.63, 3.8) is 0 Å². The van der Waals surface area contributed by atoms with Crippen LogP contribution in [0.15, 0.2) is 18.2 Å². The van der Waals surface area contributed by atoms with Gasteiger partial charge in [0.1, 0.15) is 5.75 Å². The molecule has 0 bridgehead atoms. The van der Waals surface area contributed by atoms with Gasteiger partial charge in [-0.3, -0.25) is 0 Å². The Labute approximate surface area is 114 Å². The van der Waals surface area contributed by atoms with Crippen LogP contribution in [0.2, 0.25) is 10.0 Å². The quantitative estimate of drug-likeness (QED) is 0.628. The summed E-state index contributed by atoms with van der Waals surface area (Å²) in [5.74, 6) is -1.64. The third-order valence-corrected chi connectivity index (χ3v) is 2.50. The van der Waals surface area contributed by atoms with Crippen LogP contribution >= 0.6 is 23.2 Å². The van der Waals surface area contributed by atoms with Crippen LogP contribution in [0.4, 0.5) is 0 Å². The van der Waals surface area contributed by atoms with Crippen molar-refractivity contribution in [1.29, 1.82) is 0 Å². The summed E-state index contributed by atoms with van der Waals surface area (Å²) < 4.78 is 14.0. The largest absolute Gasteiger partial charge is 0.466 e. The molecule has 0 heterocycles. The Kier molecular flexibility index (Phi) is 5.25. The van der Waals surface area contributed by atoms with Crippen LogP contribution < -0.4 is 4.74 Å². The average Bonchev–Trinajstić information content (AvgIpc) is 2.36. The number of halogens is 2. The number of ether oxygens (including phenoxy) is 3. The summed E-state index contributed by atoms with van der Waals surface area (Å²) >= 11 is 11.6. The Morgan fingerprint density at radius 2 is 1.67 bits per heavy atom. The van der Waals surface area contributed by atoms with Gasteiger partial charge in [0.2, 0.25) is 0 Å². The molecule has 0 aliphatic rings. The molecule has 0 amide bonds. The van der Waals surface area contributed by atoms with Gasteiger partial charge in [0.25, 0.3) is 6.10 Å². The fourth-order valence-electron chi connectivity index (χ4n) is 1.10. The summed E-state index contributed by atoms with van der Waals surface area (Å²) in [5.41, 5.74) is 0. The molecule has 0 spiro atoms. The summed E-state index contributed by atoms with van der Waals surface area (Å²) in [6.07, 6.45) is -1.53. The Hall–Kier alpha value is -1.46. The normalized spacial score (nSPS) is 10.1. The molecule has 7 heteroatoms. The van der Waals surface area contributed by atoms with Gasteiger partial charge in [0.15, 0.2) is 0 Å². The Bertz CT molecular complexity index is 445. The van der Waals surface area contributed by atoms with E-state index in [1.165, 1.54) is 18.2 Å². The Morgan fingerprint density at radius 1 is 1.11 bits per heavy atom. The summed E-state index contributed by atoms with van der Waals surface area (Å²) in [6.45, 7) is 0. The van der Waals surface area contributed by atoms with Gasteiger partial charge < -0.3 is 14.2 Å². The first-order valence-electron chi connectivity index (χ1n) is 4.77. The lowest BCUT2D eigenvalue weighted by Gasteiger charge is -2.15. The van der Waals surface area contributed by atoms with Crippen LogP contribution in [-0.2, 0) is 19.1 Å². The van der Waals surface area contributed by atoms with E-state index in [-0.39, 0.29) is 10.8 Å². The maximum Gasteiger partial charge on any atom is 0.359 e. The number of hydrogen-bond donors (Lipinski definition) is 0. The fraction of sp³-hybridized carbons (Fsp3) is 0.273. The lowest BCUT2D eigenvalue weighted by atomic mass is 10.3. The van der Waals surface area contributed by atoms with Crippen LogP contribution in [0.3, 0.4) is 0 Å². The smallest absolute Gasteiger partial charge is 0.359 e. The molecule has 0 aliphatic carbocycles. The molecule has 0 fully saturated rings. The minimum atomic E-state index is -1.53. The van der Waals surface area contributed by atoms with Crippen molar-refractivity contribution in [2.24, 2.45) is 0 Å². The highest BCUT2D eigenvalue weighted by Gasteiger charge is 2.31. The first kappa shape index (κ1) is 14.6. The molecule has 18 heavy (non-hydrogen) atoms. The van der Waals surface area contributed by atoms with Crippen LogP contribution in [0.25, 0.3) is 0 Å². The van der Waals surface area contributed by atoms with Crippen molar-refractivity contribution in [1.82, 2.24) is 0 Å². The van der Waals surface area contributed by atoms with E-state index in [1.54, 1.807) is 0 Å². The first-order chi connectivity index (χ1) is 8.49. The number of carbonyl (C=O) groups is 2. The van der Waals surface area contributed by atoms with E-state index in [9.17, 15) is 9.59 Å². The van der Waals surface area contributed by atoms with Gasteiger partial charge in [-0.1, -0.05) is 23.2 Å². The van der Waals surface area contributed by atoms with Gasteiger partial charge in [-0.05, 0) is 18.2 Å². The van der Waals surface area contributed by atoms with Crippen molar-refractivity contribution >= 4 is 35.1 Å². The minimum absolute atomic E-state index is 0.127. The van der Waals surface area contributed by atoms with Gasteiger partial charge in [0, 0.05) is 5.02 Å². The molecule has 0 saturated heterocycles. The molecule has 0 atom stereocenters. The highest BCUT2D eigenvalue weighted by Crippen LogP contribution is 2.28. The van der Waals surface area contributed by atoms with E-state index in [0.717, 1.165) is 14.2 Å². The molecule has 1 aromatic rings. The molecule has 5 nitrogen and oxygen atoms in total. The summed E-state index contributed by atoms with van der Waals surface area (Å²) in [4.78, 5) is 22.8. The van der Waals surface area contributed by atoms with Gasteiger partial charge in [-0.2, -0.15) is 0 Å². The summed E-state index contributed by atoms with van der Waals surface area (Å²) in [5, 5.41) is 0.570. The van der Waals surface area contributed by atoms with E-state index in [4.69, 9.17) is 27.9 Å². The molecular weight excluding hydrogens is 283 g/mol. The molecule has 1 rings (SSSR count). The van der Waals surface area contributed by atoms with E-state index in [0.29, 0.717) is 5.02 Å². The van der Waals surface area contributed by atoms with Crippen molar-refractivity contribution in [3.8, 4) is 5.75 Å². The molecular formula is C11H10Cl2O5. The zero-order chi connectivity index (χ0) is 13.7. The first-order valence-corrected chi connectivity index (χ1v) is 5.52. The van der Waals surface area contributed by atoms with Gasteiger partial charge in [0.05, 0.1) is 19.2 Å². The third-order valence-electron chi connectivity index (χ3n) is 1.97. The van der Waals surface area contributed by atoms with E-state index < -0.39 is 18.0 Å². The van der Waals surface area contributed by atoms with Crippen molar-refractivity contribution in [2.45, 2.75) is 6.10 Å². The summed E-state index contributed by atoms with van der Waals surface area (Å²) in [6, 6.07) is 4.36. The van der Waals surface area contributed by atoms with Crippen LogP contribution in [0.5, 0.6) is 5.75 Å². The third kappa shape index (κ3) is 3.51. The molecule has 98 valence electrons. The van der Waals surface area contributed by atoms with Crippen LogP contribution in [0, 0.1) is 0 Å². The number of esters is 2. The zero-order valence-electron chi connectivity index (χ0n) is 9.61. The molecule has 0 radical (unpaired) electrons. The molecule has 0 aromatic heterocycles. The van der Waals surface area contributed by atoms with Gasteiger partial charge >= 0.3 is 11.9 Å². The van der Waals surface area contributed by atoms with E-state index in [1.807, 2.05) is 0 Å². The predicted molar refractivity (Wildman–Crippen MR) is 64.9 cm³/mol. The minimum Gasteiger partial charge on any atom is -0.466 e. The predicted octanol–water partition coefficient (Wildman–Crippen LogP) is 2.09. The van der Waals surface area contributed by atoms with Gasteiger partial charge in [-0.15, -0.1) is 0 Å². The lowest BCUT2D eigenvalue weighted by molar-refractivity contribution is -0.163. The number of rotatable bonds is 4. The van der Waals surface area contributed by atoms with Crippen molar-refractivity contribution in [2.75, 3.05) is 14.2 Å². The number of methoxy groups -OCH3 is 2. The highest BCUT2D eigenvalue weighted by atomic mass is 35.5. The lowest BCUT2D eigenvalue weighted by Crippen LogP contribution is -2.37. The standard InChI is InChI=1S/C11H10Cl2O5/c1-16-10(14)9(11(15)17-2)18-8-4-3-6(12)5-7(8)13/h3-5,9H,1-2H3. The average molecular weight is 293 g/mol. The molecule has 0 N–H and O–H groups in total. The number of carbonyl (C=O) groups excluding carboxylic acids is 2. The molecule has 1 aromatic carbocycles. The molecule has 0 unspecified atom stereocenters. The second-order valence-electron chi connectivity index (χ2n) is 3.12. The molecule has 0 aliphatic heterocycles. The number of benzene rings is 1. The van der Waals surface area contributed by atoms with E-state index in [2.05, 4.69) is 9.47 Å². The van der Waals surface area contributed by atoms with E-state index >= 15 is 0 Å². The highest BCUT2D eigenvalue weighted by molar-refractivity contribution is 6.35. The Balaban J connectivity index is 2.96. The number of hydrogen-bond acceptors (Lipinski definition) is 5. The molecule has 0 saturated carbocycles. The SMILES string of the molecule is COC(=O)C(Oc1ccc(Cl)cc1Cl)C(=O)OC. The summed E-state index contributed by atoms with van der Waals surface area (Å²) in [7, 11) is 2.26. The van der Waals surface area contributed by atoms with Crippen molar-refractivity contribution < 1.29 is 23.8 Å². The second kappa shape index (κ2) is 6.47. The van der Waals surface area contributed by atoms with Crippen LogP contribution in [-0.4, -0.2) is 32.3 Å². The maximum absolute atomic E-state index is 11.4. The van der Waals surface area contributed by atoms with Crippen LogP contribution in [0.1, 0.15) is 0 Å². The monoisotopic (exact) mass is 292 g/mol. The second-order valence-corrected chi connectivity index (χ2v) is 3.96. The zero-order valence-corrected chi connectivity index (χ0v) is 11.1. The maximum atomic E-state index is 11.4.